The molecule has 0 unspecified atom stereocenters. The van der Waals surface area contributed by atoms with Crippen molar-refractivity contribution in [3.8, 4) is 0 Å². The van der Waals surface area contributed by atoms with Gasteiger partial charge in [0.1, 0.15) is 5.69 Å². The maximum absolute atomic E-state index is 13.1. The number of hydrogen-bond donors (Lipinski definition) is 3. The summed E-state index contributed by atoms with van der Waals surface area (Å²) in [5.74, 6) is -1.68. The van der Waals surface area contributed by atoms with Gasteiger partial charge in [0, 0.05) is 27.1 Å². The van der Waals surface area contributed by atoms with Gasteiger partial charge in [0.15, 0.2) is 0 Å². The molecule has 0 saturated carbocycles. The minimum atomic E-state index is -0.866. The maximum Gasteiger partial charge on any atom is 0.328 e. The molecule has 3 amide bonds. The first-order valence-electron chi connectivity index (χ1n) is 10.1. The lowest BCUT2D eigenvalue weighted by atomic mass is 10.1. The zero-order valence-electron chi connectivity index (χ0n) is 18.0. The van der Waals surface area contributed by atoms with Gasteiger partial charge in [-0.15, -0.1) is 0 Å². The van der Waals surface area contributed by atoms with Crippen LogP contribution in [0.1, 0.15) is 36.3 Å². The number of rotatable bonds is 6. The highest BCUT2D eigenvalue weighted by Crippen LogP contribution is 2.25. The van der Waals surface area contributed by atoms with E-state index in [2.05, 4.69) is 32.0 Å². The molecule has 0 aliphatic heterocycles. The van der Waals surface area contributed by atoms with E-state index in [1.807, 2.05) is 32.9 Å². The van der Waals surface area contributed by atoms with Crippen LogP contribution in [0, 0.1) is 12.8 Å². The van der Waals surface area contributed by atoms with Crippen molar-refractivity contribution in [2.45, 2.75) is 27.2 Å². The first-order chi connectivity index (χ1) is 15.2. The summed E-state index contributed by atoms with van der Waals surface area (Å²) in [6, 6.07) is 12.1. The van der Waals surface area contributed by atoms with Crippen LogP contribution in [0.3, 0.4) is 0 Å². The lowest BCUT2D eigenvalue weighted by Gasteiger charge is -2.14. The number of nitrogens with one attached hydrogen (secondary N) is 3. The number of anilines is 1. The Morgan fingerprint density at radius 1 is 1.06 bits per heavy atom. The topological polar surface area (TPSA) is 92.2 Å². The third-order valence-electron chi connectivity index (χ3n) is 4.86. The van der Waals surface area contributed by atoms with Crippen LogP contribution in [-0.2, 0) is 9.59 Å². The third-order valence-corrected chi connectivity index (χ3v) is 5.59. The van der Waals surface area contributed by atoms with E-state index in [0.29, 0.717) is 34.1 Å². The van der Waals surface area contributed by atoms with Crippen molar-refractivity contribution < 1.29 is 14.4 Å². The van der Waals surface area contributed by atoms with E-state index < -0.39 is 17.7 Å². The van der Waals surface area contributed by atoms with Crippen molar-refractivity contribution >= 4 is 61.8 Å². The smallest absolute Gasteiger partial charge is 0.328 e. The summed E-state index contributed by atoms with van der Waals surface area (Å²) in [6.45, 7) is 6.32. The third kappa shape index (κ3) is 5.69. The minimum Gasteiger partial charge on any atom is -0.348 e. The second-order valence-corrected chi connectivity index (χ2v) is 9.21. The molecule has 0 saturated heterocycles. The number of hydrogen-bond acceptors (Lipinski definition) is 3. The van der Waals surface area contributed by atoms with Crippen LogP contribution in [0.25, 0.3) is 10.9 Å². The first-order valence-corrected chi connectivity index (χ1v) is 11.3. The quantitative estimate of drug-likeness (QED) is 0.407. The molecule has 7 nitrogen and oxygen atoms in total. The van der Waals surface area contributed by atoms with Gasteiger partial charge in [-0.1, -0.05) is 41.4 Å². The maximum atomic E-state index is 13.1. The molecule has 9 heteroatoms. The molecular weight excluding hydrogens is 496 g/mol. The van der Waals surface area contributed by atoms with Crippen molar-refractivity contribution in [3.63, 3.8) is 0 Å². The van der Waals surface area contributed by atoms with E-state index in [9.17, 15) is 14.4 Å². The van der Waals surface area contributed by atoms with Crippen LogP contribution < -0.4 is 16.1 Å². The van der Waals surface area contributed by atoms with Gasteiger partial charge < -0.3 is 10.6 Å². The van der Waals surface area contributed by atoms with E-state index >= 15 is 0 Å². The molecule has 0 aliphatic rings. The summed E-state index contributed by atoms with van der Waals surface area (Å²) >= 11 is 9.50. The monoisotopic (exact) mass is 518 g/mol. The van der Waals surface area contributed by atoms with Crippen molar-refractivity contribution in [1.29, 1.82) is 0 Å². The SMILES string of the molecule is Cc1cc(Br)ccc1NC(=O)c1cc2cc(Cl)ccc2n1NC(=O)C(=O)NCCC(C)C. The fraction of sp³-hybridized carbons (Fsp3) is 0.261. The molecule has 168 valence electrons. The molecule has 2 aromatic carbocycles. The standard InChI is InChI=1S/C23H24BrClN4O3/c1-13(2)8-9-26-22(31)23(32)28-29-19-7-5-17(25)11-15(19)12-20(29)21(30)27-18-6-4-16(24)10-14(18)3/h4-7,10-13H,8-9H2,1-3H3,(H,26,31)(H,27,30)(H,28,32). The number of carbonyl (C=O) groups is 3. The van der Waals surface area contributed by atoms with Gasteiger partial charge in [-0.25, -0.2) is 4.68 Å². The van der Waals surface area contributed by atoms with E-state index in [1.54, 1.807) is 30.3 Å². The Labute approximate surface area is 199 Å². The average Bonchev–Trinajstić information content (AvgIpc) is 3.07. The molecule has 0 atom stereocenters. The molecular formula is C23H24BrClN4O3. The van der Waals surface area contributed by atoms with E-state index in [1.165, 1.54) is 4.68 Å². The van der Waals surface area contributed by atoms with Crippen LogP contribution in [0.4, 0.5) is 5.69 Å². The zero-order valence-corrected chi connectivity index (χ0v) is 20.3. The van der Waals surface area contributed by atoms with Gasteiger partial charge in [-0.3, -0.25) is 19.8 Å². The molecule has 0 radical (unpaired) electrons. The number of aromatic nitrogens is 1. The molecule has 1 aromatic heterocycles. The molecule has 0 fully saturated rings. The second kappa shape index (κ2) is 10.2. The average molecular weight is 520 g/mol. The van der Waals surface area contributed by atoms with Crippen molar-refractivity contribution in [2.24, 2.45) is 5.92 Å². The van der Waals surface area contributed by atoms with Gasteiger partial charge in [0.25, 0.3) is 5.91 Å². The minimum absolute atomic E-state index is 0.160. The van der Waals surface area contributed by atoms with Crippen LogP contribution in [0.5, 0.6) is 0 Å². The van der Waals surface area contributed by atoms with E-state index in [-0.39, 0.29) is 5.69 Å². The Morgan fingerprint density at radius 2 is 1.81 bits per heavy atom. The fourth-order valence-electron chi connectivity index (χ4n) is 3.13. The number of nitrogens with zero attached hydrogens (tertiary/aromatic N) is 1. The molecule has 0 spiro atoms. The number of aryl methyl sites for hydroxylation is 1. The fourth-order valence-corrected chi connectivity index (χ4v) is 3.79. The highest BCUT2D eigenvalue weighted by Gasteiger charge is 2.21. The Balaban J connectivity index is 1.89. The number of fused-ring (bicyclic) bond motifs is 1. The van der Waals surface area contributed by atoms with Crippen molar-refractivity contribution in [1.82, 2.24) is 9.99 Å². The highest BCUT2D eigenvalue weighted by molar-refractivity contribution is 9.10. The molecule has 3 N–H and O–H groups in total. The zero-order chi connectivity index (χ0) is 23.4. The molecule has 3 aromatic rings. The lowest BCUT2D eigenvalue weighted by molar-refractivity contribution is -0.136. The summed E-state index contributed by atoms with van der Waals surface area (Å²) < 4.78 is 2.20. The highest BCUT2D eigenvalue weighted by atomic mass is 79.9. The van der Waals surface area contributed by atoms with Gasteiger partial charge in [-0.2, -0.15) is 0 Å². The summed E-state index contributed by atoms with van der Waals surface area (Å²) in [5.41, 5.74) is 4.73. The number of benzene rings is 2. The lowest BCUT2D eigenvalue weighted by Crippen LogP contribution is -2.40. The van der Waals surface area contributed by atoms with Crippen molar-refractivity contribution in [2.75, 3.05) is 17.3 Å². The summed E-state index contributed by atoms with van der Waals surface area (Å²) in [5, 5.41) is 6.59. The van der Waals surface area contributed by atoms with Gasteiger partial charge in [0.2, 0.25) is 0 Å². The number of halogens is 2. The second-order valence-electron chi connectivity index (χ2n) is 7.86. The Bertz CT molecular complexity index is 1190. The molecule has 0 bridgehead atoms. The summed E-state index contributed by atoms with van der Waals surface area (Å²) in [7, 11) is 0. The van der Waals surface area contributed by atoms with Crippen LogP contribution in [0.2, 0.25) is 5.02 Å². The number of amides is 3. The normalized spacial score (nSPS) is 10.9. The molecule has 3 rings (SSSR count). The van der Waals surface area contributed by atoms with Gasteiger partial charge in [0.05, 0.1) is 5.52 Å². The first kappa shape index (κ1) is 23.8. The Kier molecular flexibility index (Phi) is 7.58. The largest absolute Gasteiger partial charge is 0.348 e. The van der Waals surface area contributed by atoms with Gasteiger partial charge >= 0.3 is 11.8 Å². The molecule has 0 aliphatic carbocycles. The predicted octanol–water partition coefficient (Wildman–Crippen LogP) is 4.85. The van der Waals surface area contributed by atoms with E-state index in [0.717, 1.165) is 16.5 Å². The van der Waals surface area contributed by atoms with Crippen LogP contribution >= 0.6 is 27.5 Å². The molecule has 1 heterocycles. The van der Waals surface area contributed by atoms with Crippen LogP contribution in [0.15, 0.2) is 46.9 Å². The summed E-state index contributed by atoms with van der Waals surface area (Å²) in [4.78, 5) is 37.8. The van der Waals surface area contributed by atoms with Crippen molar-refractivity contribution in [3.05, 3.63) is 63.2 Å². The predicted molar refractivity (Wildman–Crippen MR) is 131 cm³/mol. The number of carbonyl (C=O) groups excluding carboxylic acids is 3. The van der Waals surface area contributed by atoms with Crippen LogP contribution in [-0.4, -0.2) is 28.9 Å². The van der Waals surface area contributed by atoms with Gasteiger partial charge in [-0.05, 0) is 67.3 Å². The Hall–Kier alpha value is -2.84. The van der Waals surface area contributed by atoms with E-state index in [4.69, 9.17) is 11.6 Å². The molecule has 32 heavy (non-hydrogen) atoms. The Morgan fingerprint density at radius 3 is 2.50 bits per heavy atom. The summed E-state index contributed by atoms with van der Waals surface area (Å²) in [6.07, 6.45) is 0.754.